The number of hydrogen-bond acceptors (Lipinski definition) is 5. The molecule has 0 saturated carbocycles. The van der Waals surface area contributed by atoms with Gasteiger partial charge in [0.1, 0.15) is 11.5 Å². The second-order valence-corrected chi connectivity index (χ2v) is 8.47. The minimum atomic E-state index is 0.582. The molecule has 0 unspecified atom stereocenters. The summed E-state index contributed by atoms with van der Waals surface area (Å²) in [5.74, 6) is 1.52. The Bertz CT molecular complexity index is 991. The Morgan fingerprint density at radius 2 is 1.90 bits per heavy atom. The Morgan fingerprint density at radius 3 is 2.55 bits per heavy atom. The first-order chi connectivity index (χ1) is 14.0. The molecule has 0 spiro atoms. The zero-order chi connectivity index (χ0) is 21.0. The molecule has 1 heterocycles. The van der Waals surface area contributed by atoms with Crippen LogP contribution in [-0.2, 0) is 0 Å². The van der Waals surface area contributed by atoms with E-state index in [2.05, 4.69) is 18.7 Å². The van der Waals surface area contributed by atoms with Crippen LogP contribution in [0.25, 0.3) is 11.3 Å². The minimum absolute atomic E-state index is 0.582. The fraction of sp³-hybridized carbons (Fsp3) is 0.318. The number of methoxy groups -OCH3 is 1. The topological polar surface area (TPSA) is 34.6 Å². The quantitative estimate of drug-likeness (QED) is 0.358. The zero-order valence-corrected chi connectivity index (χ0v) is 19.3. The maximum absolute atomic E-state index is 6.50. The summed E-state index contributed by atoms with van der Waals surface area (Å²) in [6, 6.07) is 11.3. The van der Waals surface area contributed by atoms with Crippen molar-refractivity contribution in [3.05, 3.63) is 51.3 Å². The third-order valence-corrected chi connectivity index (χ3v) is 5.95. The summed E-state index contributed by atoms with van der Waals surface area (Å²) in [7, 11) is 1.63. The first kappa shape index (κ1) is 21.8. The van der Waals surface area contributed by atoms with Crippen molar-refractivity contribution in [3.63, 3.8) is 0 Å². The van der Waals surface area contributed by atoms with E-state index < -0.39 is 0 Å². The van der Waals surface area contributed by atoms with Crippen LogP contribution in [0.3, 0.4) is 0 Å². The van der Waals surface area contributed by atoms with Crippen LogP contribution in [0.2, 0.25) is 10.0 Å². The van der Waals surface area contributed by atoms with E-state index in [0.717, 1.165) is 51.4 Å². The second-order valence-electron chi connectivity index (χ2n) is 6.44. The van der Waals surface area contributed by atoms with Crippen molar-refractivity contribution in [1.29, 1.82) is 0 Å². The van der Waals surface area contributed by atoms with Crippen LogP contribution in [-0.4, -0.2) is 25.2 Å². The van der Waals surface area contributed by atoms with Crippen LogP contribution < -0.4 is 14.4 Å². The SMILES string of the molecule is CCCN(c1nc(-c2ccc(OC)cc2Cl)c(C)s1)c1cc(Cl)ccc1OCC. The molecule has 0 aliphatic rings. The van der Waals surface area contributed by atoms with Crippen molar-refractivity contribution in [2.75, 3.05) is 25.2 Å². The summed E-state index contributed by atoms with van der Waals surface area (Å²) in [4.78, 5) is 8.20. The largest absolute Gasteiger partial charge is 0.497 e. The van der Waals surface area contributed by atoms with E-state index >= 15 is 0 Å². The summed E-state index contributed by atoms with van der Waals surface area (Å²) < 4.78 is 11.1. The number of benzene rings is 2. The highest BCUT2D eigenvalue weighted by atomic mass is 35.5. The monoisotopic (exact) mass is 450 g/mol. The molecular formula is C22H24Cl2N2O2S. The van der Waals surface area contributed by atoms with Crippen LogP contribution >= 0.6 is 34.5 Å². The van der Waals surface area contributed by atoms with Gasteiger partial charge in [0.2, 0.25) is 0 Å². The maximum Gasteiger partial charge on any atom is 0.190 e. The lowest BCUT2D eigenvalue weighted by Crippen LogP contribution is -2.18. The third kappa shape index (κ3) is 4.80. The normalized spacial score (nSPS) is 10.8. The lowest BCUT2D eigenvalue weighted by Gasteiger charge is -2.24. The summed E-state index contributed by atoms with van der Waals surface area (Å²) in [6.45, 7) is 7.55. The average molecular weight is 451 g/mol. The summed E-state index contributed by atoms with van der Waals surface area (Å²) in [5.41, 5.74) is 2.68. The molecule has 2 aromatic carbocycles. The van der Waals surface area contributed by atoms with Gasteiger partial charge in [0.25, 0.3) is 0 Å². The molecule has 0 radical (unpaired) electrons. The van der Waals surface area contributed by atoms with E-state index in [4.69, 9.17) is 37.7 Å². The number of halogens is 2. The van der Waals surface area contributed by atoms with Gasteiger partial charge < -0.3 is 14.4 Å². The standard InChI is InChI=1S/C22H24Cl2N2O2S/c1-5-11-26(19-12-15(23)7-10-20(19)28-6-2)22-25-21(14(3)29-22)17-9-8-16(27-4)13-18(17)24/h7-10,12-13H,5-6,11H2,1-4H3. The van der Waals surface area contributed by atoms with Crippen LogP contribution in [0, 0.1) is 6.92 Å². The number of ether oxygens (including phenoxy) is 2. The van der Waals surface area contributed by atoms with Gasteiger partial charge in [-0.3, -0.25) is 0 Å². The first-order valence-electron chi connectivity index (χ1n) is 9.49. The van der Waals surface area contributed by atoms with Gasteiger partial charge in [0.15, 0.2) is 5.13 Å². The molecule has 0 N–H and O–H groups in total. The summed E-state index contributed by atoms with van der Waals surface area (Å²) >= 11 is 14.4. The number of anilines is 2. The molecular weight excluding hydrogens is 427 g/mol. The predicted molar refractivity (Wildman–Crippen MR) is 124 cm³/mol. The Kier molecular flexibility index (Phi) is 7.28. The van der Waals surface area contributed by atoms with Gasteiger partial charge >= 0.3 is 0 Å². The van der Waals surface area contributed by atoms with Crippen molar-refractivity contribution >= 4 is 45.4 Å². The number of nitrogens with zero attached hydrogens (tertiary/aromatic N) is 2. The molecule has 4 nitrogen and oxygen atoms in total. The molecule has 3 rings (SSSR count). The van der Waals surface area contributed by atoms with Crippen LogP contribution in [0.1, 0.15) is 25.1 Å². The van der Waals surface area contributed by atoms with Gasteiger partial charge in [-0.2, -0.15) is 0 Å². The maximum atomic E-state index is 6.50. The van der Waals surface area contributed by atoms with Crippen LogP contribution in [0.5, 0.6) is 11.5 Å². The van der Waals surface area contributed by atoms with Gasteiger partial charge in [-0.25, -0.2) is 4.98 Å². The second kappa shape index (κ2) is 9.70. The Hall–Kier alpha value is -1.95. The molecule has 0 atom stereocenters. The van der Waals surface area contributed by atoms with Gasteiger partial charge in [0.05, 0.1) is 30.1 Å². The van der Waals surface area contributed by atoms with Crippen molar-refractivity contribution in [2.45, 2.75) is 27.2 Å². The fourth-order valence-corrected chi connectivity index (χ4v) is 4.47. The highest BCUT2D eigenvalue weighted by Crippen LogP contribution is 2.42. The molecule has 154 valence electrons. The Morgan fingerprint density at radius 1 is 1.10 bits per heavy atom. The van der Waals surface area contributed by atoms with Gasteiger partial charge in [0, 0.05) is 22.0 Å². The van der Waals surface area contributed by atoms with Crippen molar-refractivity contribution in [3.8, 4) is 22.8 Å². The number of rotatable bonds is 8. The number of hydrogen-bond donors (Lipinski definition) is 0. The third-order valence-electron chi connectivity index (χ3n) is 4.41. The van der Waals surface area contributed by atoms with E-state index in [1.54, 1.807) is 18.4 Å². The molecule has 29 heavy (non-hydrogen) atoms. The molecule has 0 amide bonds. The molecule has 0 bridgehead atoms. The predicted octanol–water partition coefficient (Wildman–Crippen LogP) is 7.38. The fourth-order valence-electron chi connectivity index (χ4n) is 3.08. The molecule has 0 fully saturated rings. The molecule has 0 saturated heterocycles. The number of aryl methyl sites for hydroxylation is 1. The lowest BCUT2D eigenvalue weighted by molar-refractivity contribution is 0.341. The van der Waals surface area contributed by atoms with E-state index in [1.807, 2.05) is 43.3 Å². The van der Waals surface area contributed by atoms with Gasteiger partial charge in [-0.1, -0.05) is 30.1 Å². The van der Waals surface area contributed by atoms with Crippen molar-refractivity contribution < 1.29 is 9.47 Å². The van der Waals surface area contributed by atoms with Crippen LogP contribution in [0.15, 0.2) is 36.4 Å². The van der Waals surface area contributed by atoms with Crippen molar-refractivity contribution in [2.24, 2.45) is 0 Å². The molecule has 1 aromatic heterocycles. The van der Waals surface area contributed by atoms with Crippen molar-refractivity contribution in [1.82, 2.24) is 4.98 Å². The Balaban J connectivity index is 2.07. The molecule has 7 heteroatoms. The first-order valence-corrected chi connectivity index (χ1v) is 11.1. The molecule has 0 aliphatic heterocycles. The van der Waals surface area contributed by atoms with E-state index in [0.29, 0.717) is 16.7 Å². The summed E-state index contributed by atoms with van der Waals surface area (Å²) in [5, 5.41) is 2.16. The molecule has 3 aromatic rings. The molecule has 0 aliphatic carbocycles. The number of aromatic nitrogens is 1. The zero-order valence-electron chi connectivity index (χ0n) is 17.0. The minimum Gasteiger partial charge on any atom is -0.497 e. The van der Waals surface area contributed by atoms with E-state index in [9.17, 15) is 0 Å². The highest BCUT2D eigenvalue weighted by molar-refractivity contribution is 7.16. The Labute approximate surface area is 186 Å². The smallest absolute Gasteiger partial charge is 0.190 e. The highest BCUT2D eigenvalue weighted by Gasteiger charge is 2.21. The van der Waals surface area contributed by atoms with E-state index in [-0.39, 0.29) is 0 Å². The summed E-state index contributed by atoms with van der Waals surface area (Å²) in [6.07, 6.45) is 0.954. The average Bonchev–Trinajstić information content (AvgIpc) is 3.08. The lowest BCUT2D eigenvalue weighted by atomic mass is 10.1. The van der Waals surface area contributed by atoms with Gasteiger partial charge in [-0.15, -0.1) is 11.3 Å². The van der Waals surface area contributed by atoms with Gasteiger partial charge in [-0.05, 0) is 56.7 Å². The van der Waals surface area contributed by atoms with E-state index in [1.165, 1.54) is 0 Å². The number of thiazole rings is 1. The van der Waals surface area contributed by atoms with Crippen LogP contribution in [0.4, 0.5) is 10.8 Å².